The summed E-state index contributed by atoms with van der Waals surface area (Å²) < 4.78 is 0. The molecule has 1 aliphatic rings. The van der Waals surface area contributed by atoms with Gasteiger partial charge in [0, 0.05) is 11.4 Å². The molecule has 0 saturated heterocycles. The van der Waals surface area contributed by atoms with E-state index in [1.165, 1.54) is 6.42 Å². The Kier molecular flexibility index (Phi) is 5.31. The van der Waals surface area contributed by atoms with Gasteiger partial charge in [-0.3, -0.25) is 9.59 Å². The summed E-state index contributed by atoms with van der Waals surface area (Å²) in [5.74, 6) is -0.740. The molecule has 5 nitrogen and oxygen atoms in total. The van der Waals surface area contributed by atoms with E-state index in [0.717, 1.165) is 24.1 Å². The second-order valence-corrected chi connectivity index (χ2v) is 6.03. The Bertz CT molecular complexity index is 566. The molecular formula is C17H23N3O2. The van der Waals surface area contributed by atoms with Crippen molar-refractivity contribution in [2.75, 3.05) is 5.32 Å². The molecule has 118 valence electrons. The summed E-state index contributed by atoms with van der Waals surface area (Å²) in [6.07, 6.45) is 3.34. The third-order valence-electron chi connectivity index (χ3n) is 4.09. The van der Waals surface area contributed by atoms with E-state index in [2.05, 4.69) is 29.7 Å². The van der Waals surface area contributed by atoms with Crippen LogP contribution in [-0.4, -0.2) is 17.5 Å². The molecule has 2 rings (SSSR count). The van der Waals surface area contributed by atoms with Gasteiger partial charge in [-0.1, -0.05) is 38.0 Å². The zero-order chi connectivity index (χ0) is 16.1. The van der Waals surface area contributed by atoms with Crippen LogP contribution in [0.5, 0.6) is 0 Å². The first-order chi connectivity index (χ1) is 10.5. The van der Waals surface area contributed by atoms with Gasteiger partial charge in [-0.15, -0.1) is 0 Å². The number of rotatable bonds is 2. The first-order valence-electron chi connectivity index (χ1n) is 7.73. The minimum absolute atomic E-state index is 0.351. The van der Waals surface area contributed by atoms with Gasteiger partial charge in [0.2, 0.25) is 0 Å². The van der Waals surface area contributed by atoms with E-state index in [4.69, 9.17) is 0 Å². The minimum Gasteiger partial charge on any atom is -0.318 e. The van der Waals surface area contributed by atoms with Crippen LogP contribution in [0.25, 0.3) is 0 Å². The Labute approximate surface area is 131 Å². The average Bonchev–Trinajstić information content (AvgIpc) is 2.48. The molecule has 0 spiro atoms. The Hall–Kier alpha value is -2.17. The van der Waals surface area contributed by atoms with Gasteiger partial charge >= 0.3 is 11.8 Å². The standard InChI is InChI=1S/C17H23N3O2/c1-11-7-9-14(10-8-11)18-16(21)17(22)20-19-15-12(2)5-4-6-13(15)3/h7-10,12-13H,4-6H2,1-3H3,(H,18,21)(H,20,22)/t12-,13+. The van der Waals surface area contributed by atoms with Crippen molar-refractivity contribution in [2.45, 2.75) is 40.0 Å². The molecule has 1 aromatic carbocycles. The smallest absolute Gasteiger partial charge is 0.318 e. The van der Waals surface area contributed by atoms with Crippen LogP contribution in [0.3, 0.4) is 0 Å². The highest BCUT2D eigenvalue weighted by atomic mass is 16.2. The van der Waals surface area contributed by atoms with Crippen LogP contribution in [0.15, 0.2) is 29.4 Å². The zero-order valence-corrected chi connectivity index (χ0v) is 13.3. The fourth-order valence-corrected chi connectivity index (χ4v) is 2.72. The Morgan fingerprint density at radius 2 is 1.64 bits per heavy atom. The normalized spacial score (nSPS) is 23.1. The molecule has 0 heterocycles. The first-order valence-corrected chi connectivity index (χ1v) is 7.73. The van der Waals surface area contributed by atoms with Crippen LogP contribution in [0, 0.1) is 18.8 Å². The highest BCUT2D eigenvalue weighted by Crippen LogP contribution is 2.25. The van der Waals surface area contributed by atoms with E-state index in [-0.39, 0.29) is 0 Å². The number of nitrogens with one attached hydrogen (secondary N) is 2. The molecule has 0 bridgehead atoms. The van der Waals surface area contributed by atoms with Gasteiger partial charge in [-0.25, -0.2) is 5.43 Å². The number of carbonyl (C=O) groups excluding carboxylic acids is 2. The molecule has 0 aromatic heterocycles. The largest absolute Gasteiger partial charge is 0.329 e. The Morgan fingerprint density at radius 1 is 1.05 bits per heavy atom. The quantitative estimate of drug-likeness (QED) is 0.651. The topological polar surface area (TPSA) is 70.6 Å². The van der Waals surface area contributed by atoms with Crippen molar-refractivity contribution in [1.29, 1.82) is 0 Å². The van der Waals surface area contributed by atoms with E-state index >= 15 is 0 Å². The van der Waals surface area contributed by atoms with E-state index in [0.29, 0.717) is 17.5 Å². The number of hydrazone groups is 1. The number of aryl methyl sites for hydroxylation is 1. The maximum Gasteiger partial charge on any atom is 0.329 e. The van der Waals surface area contributed by atoms with Gasteiger partial charge in [0.15, 0.2) is 0 Å². The van der Waals surface area contributed by atoms with Crippen molar-refractivity contribution in [3.8, 4) is 0 Å². The molecule has 1 aliphatic carbocycles. The monoisotopic (exact) mass is 301 g/mol. The number of anilines is 1. The summed E-state index contributed by atoms with van der Waals surface area (Å²) in [6, 6.07) is 7.27. The third kappa shape index (κ3) is 4.16. The lowest BCUT2D eigenvalue weighted by Crippen LogP contribution is -2.35. The lowest BCUT2D eigenvalue weighted by Gasteiger charge is -2.26. The van der Waals surface area contributed by atoms with Crippen molar-refractivity contribution in [1.82, 2.24) is 5.43 Å². The predicted octanol–water partition coefficient (Wildman–Crippen LogP) is 2.86. The van der Waals surface area contributed by atoms with E-state index in [1.54, 1.807) is 12.1 Å². The molecule has 0 unspecified atom stereocenters. The van der Waals surface area contributed by atoms with Crippen LogP contribution in [0.1, 0.15) is 38.7 Å². The maximum absolute atomic E-state index is 11.8. The molecule has 1 fully saturated rings. The molecule has 2 amide bonds. The van der Waals surface area contributed by atoms with Crippen molar-refractivity contribution in [3.63, 3.8) is 0 Å². The number of hydrogen-bond donors (Lipinski definition) is 2. The minimum atomic E-state index is -0.738. The maximum atomic E-state index is 11.8. The number of nitrogens with zero attached hydrogens (tertiary/aromatic N) is 1. The van der Waals surface area contributed by atoms with Crippen molar-refractivity contribution in [2.24, 2.45) is 16.9 Å². The van der Waals surface area contributed by atoms with Gasteiger partial charge < -0.3 is 5.32 Å². The number of hydrogen-bond acceptors (Lipinski definition) is 3. The fourth-order valence-electron chi connectivity index (χ4n) is 2.72. The van der Waals surface area contributed by atoms with Crippen LogP contribution < -0.4 is 10.7 Å². The van der Waals surface area contributed by atoms with Crippen LogP contribution >= 0.6 is 0 Å². The number of amides is 2. The molecule has 5 heteroatoms. The Balaban J connectivity index is 1.93. The van der Waals surface area contributed by atoms with E-state index in [1.807, 2.05) is 19.1 Å². The predicted molar refractivity (Wildman–Crippen MR) is 87.6 cm³/mol. The Morgan fingerprint density at radius 3 is 2.23 bits per heavy atom. The van der Waals surface area contributed by atoms with Crippen LogP contribution in [0.4, 0.5) is 5.69 Å². The van der Waals surface area contributed by atoms with Gasteiger partial charge in [-0.05, 0) is 43.7 Å². The summed E-state index contributed by atoms with van der Waals surface area (Å²) in [4.78, 5) is 23.7. The summed E-state index contributed by atoms with van der Waals surface area (Å²) in [5, 5.41) is 6.74. The van der Waals surface area contributed by atoms with E-state index in [9.17, 15) is 9.59 Å². The highest BCUT2D eigenvalue weighted by molar-refractivity contribution is 6.39. The molecule has 0 radical (unpaired) electrons. The summed E-state index contributed by atoms with van der Waals surface area (Å²) >= 11 is 0. The van der Waals surface area contributed by atoms with Crippen molar-refractivity contribution < 1.29 is 9.59 Å². The highest BCUT2D eigenvalue weighted by Gasteiger charge is 2.23. The van der Waals surface area contributed by atoms with Crippen LogP contribution in [0.2, 0.25) is 0 Å². The van der Waals surface area contributed by atoms with Crippen molar-refractivity contribution in [3.05, 3.63) is 29.8 Å². The van der Waals surface area contributed by atoms with Gasteiger partial charge in [0.1, 0.15) is 0 Å². The SMILES string of the molecule is Cc1ccc(NC(=O)C(=O)NN=C2[C@H](C)CCC[C@@H]2C)cc1. The summed E-state index contributed by atoms with van der Waals surface area (Å²) in [6.45, 7) is 6.17. The summed E-state index contributed by atoms with van der Waals surface area (Å²) in [7, 11) is 0. The first kappa shape index (κ1) is 16.2. The average molecular weight is 301 g/mol. The molecule has 1 saturated carbocycles. The lowest BCUT2D eigenvalue weighted by molar-refractivity contribution is -0.136. The lowest BCUT2D eigenvalue weighted by atomic mass is 9.81. The molecule has 2 N–H and O–H groups in total. The van der Waals surface area contributed by atoms with Crippen molar-refractivity contribution >= 4 is 23.2 Å². The van der Waals surface area contributed by atoms with Crippen LogP contribution in [-0.2, 0) is 9.59 Å². The zero-order valence-electron chi connectivity index (χ0n) is 13.3. The molecule has 2 atom stereocenters. The van der Waals surface area contributed by atoms with Gasteiger partial charge in [0.05, 0.1) is 0 Å². The second kappa shape index (κ2) is 7.20. The fraction of sp³-hybridized carbons (Fsp3) is 0.471. The number of benzene rings is 1. The molecule has 1 aromatic rings. The molecular weight excluding hydrogens is 278 g/mol. The van der Waals surface area contributed by atoms with E-state index < -0.39 is 11.8 Å². The number of carbonyl (C=O) groups is 2. The summed E-state index contributed by atoms with van der Waals surface area (Å²) in [5.41, 5.74) is 5.04. The third-order valence-corrected chi connectivity index (χ3v) is 4.09. The molecule has 0 aliphatic heterocycles. The molecule has 22 heavy (non-hydrogen) atoms. The second-order valence-electron chi connectivity index (χ2n) is 6.03. The van der Waals surface area contributed by atoms with Gasteiger partial charge in [-0.2, -0.15) is 5.10 Å². The van der Waals surface area contributed by atoms with Gasteiger partial charge in [0.25, 0.3) is 0 Å².